The minimum absolute atomic E-state index is 0.226. The molecule has 1 saturated heterocycles. The smallest absolute Gasteiger partial charge is 0.323 e. The van der Waals surface area contributed by atoms with Crippen molar-refractivity contribution in [3.8, 4) is 0 Å². The molecule has 0 aliphatic carbocycles. The summed E-state index contributed by atoms with van der Waals surface area (Å²) in [5.41, 5.74) is 0.759. The van der Waals surface area contributed by atoms with Crippen molar-refractivity contribution in [2.75, 3.05) is 6.54 Å². The standard InChI is InChI=1S/C12H8BrNO4S/c13-8-3-1-2-7(4-8)5-9-11(17)14(6-10(15)16)12(18)19-9/h1-5H,6H2,(H,15,16). The van der Waals surface area contributed by atoms with E-state index in [0.717, 1.165) is 26.7 Å². The van der Waals surface area contributed by atoms with Gasteiger partial charge in [0.1, 0.15) is 6.54 Å². The lowest BCUT2D eigenvalue weighted by molar-refractivity contribution is -0.140. The van der Waals surface area contributed by atoms with Crippen molar-refractivity contribution in [3.63, 3.8) is 0 Å². The SMILES string of the molecule is O=C(O)CN1C(=O)SC(=Cc2cccc(Br)c2)C1=O. The Balaban J connectivity index is 2.25. The zero-order valence-corrected chi connectivity index (χ0v) is 11.9. The summed E-state index contributed by atoms with van der Waals surface area (Å²) in [4.78, 5) is 34.9. The van der Waals surface area contributed by atoms with Crippen LogP contribution in [0.15, 0.2) is 33.6 Å². The molecule has 1 aliphatic rings. The van der Waals surface area contributed by atoms with E-state index in [0.29, 0.717) is 0 Å². The molecule has 0 spiro atoms. The lowest BCUT2D eigenvalue weighted by Crippen LogP contribution is -2.33. The Morgan fingerprint density at radius 2 is 2.16 bits per heavy atom. The highest BCUT2D eigenvalue weighted by Crippen LogP contribution is 2.32. The number of hydrogen-bond acceptors (Lipinski definition) is 4. The molecule has 1 aromatic rings. The van der Waals surface area contributed by atoms with E-state index in [-0.39, 0.29) is 4.91 Å². The topological polar surface area (TPSA) is 74.7 Å². The maximum atomic E-state index is 11.9. The lowest BCUT2D eigenvalue weighted by atomic mass is 10.2. The normalized spacial score (nSPS) is 17.3. The van der Waals surface area contributed by atoms with Gasteiger partial charge in [-0.3, -0.25) is 19.3 Å². The van der Waals surface area contributed by atoms with Gasteiger partial charge in [0, 0.05) is 4.47 Å². The van der Waals surface area contributed by atoms with Crippen LogP contribution in [0.2, 0.25) is 0 Å². The van der Waals surface area contributed by atoms with E-state index in [2.05, 4.69) is 15.9 Å². The number of amides is 2. The third-order valence-corrected chi connectivity index (χ3v) is 3.71. The molecule has 0 saturated carbocycles. The van der Waals surface area contributed by atoms with Gasteiger partial charge in [-0.2, -0.15) is 0 Å². The number of nitrogens with zero attached hydrogens (tertiary/aromatic N) is 1. The molecule has 0 atom stereocenters. The zero-order chi connectivity index (χ0) is 14.0. The van der Waals surface area contributed by atoms with Crippen molar-refractivity contribution in [1.29, 1.82) is 0 Å². The van der Waals surface area contributed by atoms with Crippen LogP contribution in [0.1, 0.15) is 5.56 Å². The molecule has 0 radical (unpaired) electrons. The molecule has 0 aromatic heterocycles. The molecular weight excluding hydrogens is 334 g/mol. The molecule has 2 rings (SSSR count). The summed E-state index contributed by atoms with van der Waals surface area (Å²) in [5, 5.41) is 8.08. The minimum atomic E-state index is -1.22. The van der Waals surface area contributed by atoms with E-state index in [1.54, 1.807) is 24.3 Å². The number of thioether (sulfide) groups is 1. The first kappa shape index (κ1) is 13.8. The highest BCUT2D eigenvalue weighted by atomic mass is 79.9. The quantitative estimate of drug-likeness (QED) is 0.855. The summed E-state index contributed by atoms with van der Waals surface area (Å²) in [5.74, 6) is -1.79. The summed E-state index contributed by atoms with van der Waals surface area (Å²) in [6.07, 6.45) is 1.57. The van der Waals surface area contributed by atoms with E-state index < -0.39 is 23.7 Å². The first-order valence-electron chi connectivity index (χ1n) is 5.20. The molecule has 98 valence electrons. The average Bonchev–Trinajstić information content (AvgIpc) is 2.57. The van der Waals surface area contributed by atoms with Gasteiger partial charge in [-0.15, -0.1) is 0 Å². The molecule has 0 bridgehead atoms. The maximum absolute atomic E-state index is 11.9. The molecule has 19 heavy (non-hydrogen) atoms. The number of hydrogen-bond donors (Lipinski definition) is 1. The van der Waals surface area contributed by atoms with Crippen molar-refractivity contribution >= 4 is 50.9 Å². The second kappa shape index (κ2) is 5.58. The number of rotatable bonds is 3. The molecule has 7 heteroatoms. The zero-order valence-electron chi connectivity index (χ0n) is 9.50. The number of halogens is 1. The van der Waals surface area contributed by atoms with E-state index in [4.69, 9.17) is 5.11 Å². The first-order valence-corrected chi connectivity index (χ1v) is 6.81. The largest absolute Gasteiger partial charge is 0.480 e. The number of carboxylic acids is 1. The third kappa shape index (κ3) is 3.24. The fourth-order valence-electron chi connectivity index (χ4n) is 1.52. The van der Waals surface area contributed by atoms with Crippen molar-refractivity contribution in [2.45, 2.75) is 0 Å². The van der Waals surface area contributed by atoms with Gasteiger partial charge in [-0.25, -0.2) is 0 Å². The summed E-state index contributed by atoms with van der Waals surface area (Å²) in [6.45, 7) is -0.611. The summed E-state index contributed by atoms with van der Waals surface area (Å²) < 4.78 is 0.853. The number of carbonyl (C=O) groups is 3. The molecule has 0 unspecified atom stereocenters. The van der Waals surface area contributed by atoms with Crippen molar-refractivity contribution < 1.29 is 19.5 Å². The Kier molecular flexibility index (Phi) is 4.06. The van der Waals surface area contributed by atoms with Gasteiger partial charge in [-0.05, 0) is 35.5 Å². The fraction of sp³-hybridized carbons (Fsp3) is 0.0833. The van der Waals surface area contributed by atoms with Gasteiger partial charge in [0.15, 0.2) is 0 Å². The Labute approximate surface area is 121 Å². The van der Waals surface area contributed by atoms with Crippen LogP contribution in [0.3, 0.4) is 0 Å². The Morgan fingerprint density at radius 3 is 2.79 bits per heavy atom. The Bertz CT molecular complexity index is 599. The second-order valence-corrected chi connectivity index (χ2v) is 5.63. The van der Waals surface area contributed by atoms with Crippen LogP contribution in [-0.2, 0) is 9.59 Å². The fourth-order valence-corrected chi connectivity index (χ4v) is 2.77. The van der Waals surface area contributed by atoms with Crippen molar-refractivity contribution in [2.24, 2.45) is 0 Å². The minimum Gasteiger partial charge on any atom is -0.480 e. The van der Waals surface area contributed by atoms with Crippen LogP contribution in [0.25, 0.3) is 6.08 Å². The van der Waals surface area contributed by atoms with E-state index in [1.807, 2.05) is 6.07 Å². The van der Waals surface area contributed by atoms with Gasteiger partial charge in [0.25, 0.3) is 11.1 Å². The number of benzene rings is 1. The number of carbonyl (C=O) groups excluding carboxylic acids is 2. The van der Waals surface area contributed by atoms with Gasteiger partial charge >= 0.3 is 5.97 Å². The van der Waals surface area contributed by atoms with Crippen LogP contribution in [0, 0.1) is 0 Å². The molecular formula is C12H8BrNO4S. The Hall–Kier alpha value is -1.60. The van der Waals surface area contributed by atoms with Gasteiger partial charge in [0.05, 0.1) is 4.91 Å². The molecule has 1 heterocycles. The number of aliphatic carboxylic acids is 1. The van der Waals surface area contributed by atoms with Crippen LogP contribution in [0.4, 0.5) is 4.79 Å². The highest BCUT2D eigenvalue weighted by molar-refractivity contribution is 9.10. The van der Waals surface area contributed by atoms with Crippen LogP contribution in [-0.4, -0.2) is 33.7 Å². The van der Waals surface area contributed by atoms with Gasteiger partial charge in [0.2, 0.25) is 0 Å². The van der Waals surface area contributed by atoms with E-state index in [9.17, 15) is 14.4 Å². The van der Waals surface area contributed by atoms with Crippen LogP contribution < -0.4 is 0 Å². The van der Waals surface area contributed by atoms with E-state index >= 15 is 0 Å². The predicted molar refractivity (Wildman–Crippen MR) is 74.5 cm³/mol. The second-order valence-electron chi connectivity index (χ2n) is 3.72. The molecule has 1 aromatic carbocycles. The Morgan fingerprint density at radius 1 is 1.42 bits per heavy atom. The predicted octanol–water partition coefficient (Wildman–Crippen LogP) is 2.57. The molecule has 1 aliphatic heterocycles. The summed E-state index contributed by atoms with van der Waals surface area (Å²) in [6, 6.07) is 7.23. The monoisotopic (exact) mass is 341 g/mol. The molecule has 2 amide bonds. The lowest BCUT2D eigenvalue weighted by Gasteiger charge is -2.07. The summed E-state index contributed by atoms with van der Waals surface area (Å²) in [7, 11) is 0. The average molecular weight is 342 g/mol. The van der Waals surface area contributed by atoms with Gasteiger partial charge < -0.3 is 5.11 Å². The van der Waals surface area contributed by atoms with Crippen LogP contribution >= 0.6 is 27.7 Å². The summed E-state index contributed by atoms with van der Waals surface area (Å²) >= 11 is 4.05. The van der Waals surface area contributed by atoms with Crippen molar-refractivity contribution in [1.82, 2.24) is 4.90 Å². The van der Waals surface area contributed by atoms with Gasteiger partial charge in [-0.1, -0.05) is 28.1 Å². The highest BCUT2D eigenvalue weighted by Gasteiger charge is 2.36. The molecule has 1 fully saturated rings. The number of carboxylic acid groups (broad SMARTS) is 1. The molecule has 5 nitrogen and oxygen atoms in total. The molecule has 1 N–H and O–H groups in total. The number of imide groups is 1. The van der Waals surface area contributed by atoms with E-state index in [1.165, 1.54) is 0 Å². The maximum Gasteiger partial charge on any atom is 0.323 e. The third-order valence-electron chi connectivity index (χ3n) is 2.31. The first-order chi connectivity index (χ1) is 8.97. The van der Waals surface area contributed by atoms with Crippen LogP contribution in [0.5, 0.6) is 0 Å². The van der Waals surface area contributed by atoms with Crippen molar-refractivity contribution in [3.05, 3.63) is 39.2 Å².